The molecule has 5 nitrogen and oxygen atoms in total. The molecule has 0 unspecified atom stereocenters. The first kappa shape index (κ1) is 16.1. The molecule has 1 amide bonds. The second kappa shape index (κ2) is 7.17. The Hall–Kier alpha value is -2.82. The monoisotopic (exact) mass is 324 g/mol. The van der Waals surface area contributed by atoms with Gasteiger partial charge in [-0.25, -0.2) is 4.79 Å². The molecule has 3 aromatic rings. The summed E-state index contributed by atoms with van der Waals surface area (Å²) >= 11 is 0. The van der Waals surface area contributed by atoms with Gasteiger partial charge in [-0.15, -0.1) is 0 Å². The van der Waals surface area contributed by atoms with Crippen molar-refractivity contribution in [2.75, 3.05) is 5.32 Å². The van der Waals surface area contributed by atoms with Crippen LogP contribution in [0.5, 0.6) is 0 Å². The number of amides is 1. The molecule has 0 fully saturated rings. The number of oxazole rings is 1. The van der Waals surface area contributed by atoms with Crippen LogP contribution in [0.2, 0.25) is 0 Å². The second-order valence-corrected chi connectivity index (χ2v) is 5.73. The number of aryl methyl sites for hydroxylation is 2. The van der Waals surface area contributed by atoms with Crippen LogP contribution in [0.4, 0.5) is 5.69 Å². The molecule has 0 saturated carbocycles. The van der Waals surface area contributed by atoms with Crippen LogP contribution >= 0.6 is 0 Å². The van der Waals surface area contributed by atoms with Crippen molar-refractivity contribution in [3.63, 3.8) is 0 Å². The van der Waals surface area contributed by atoms with E-state index < -0.39 is 5.76 Å². The Kier molecular flexibility index (Phi) is 4.79. The Morgan fingerprint density at radius 1 is 1.12 bits per heavy atom. The van der Waals surface area contributed by atoms with Crippen molar-refractivity contribution in [3.8, 4) is 0 Å². The van der Waals surface area contributed by atoms with Gasteiger partial charge in [-0.2, -0.15) is 0 Å². The lowest BCUT2D eigenvalue weighted by Gasteiger charge is -2.07. The first-order valence-corrected chi connectivity index (χ1v) is 8.14. The number of rotatable bonds is 6. The van der Waals surface area contributed by atoms with Crippen LogP contribution in [0.25, 0.3) is 11.1 Å². The van der Waals surface area contributed by atoms with E-state index in [1.54, 1.807) is 6.07 Å². The third-order valence-electron chi connectivity index (χ3n) is 3.91. The topological polar surface area (TPSA) is 64.2 Å². The first-order chi connectivity index (χ1) is 11.7. The maximum Gasteiger partial charge on any atom is 0.419 e. The van der Waals surface area contributed by atoms with E-state index in [0.29, 0.717) is 11.1 Å². The van der Waals surface area contributed by atoms with Crippen LogP contribution in [0.3, 0.4) is 0 Å². The van der Waals surface area contributed by atoms with E-state index in [1.165, 1.54) is 10.1 Å². The Bertz CT molecular complexity index is 891. The molecule has 1 aromatic heterocycles. The zero-order valence-corrected chi connectivity index (χ0v) is 13.6. The van der Waals surface area contributed by atoms with E-state index >= 15 is 0 Å². The van der Waals surface area contributed by atoms with Crippen molar-refractivity contribution < 1.29 is 9.21 Å². The number of nitrogens with zero attached hydrogens (tertiary/aromatic N) is 1. The summed E-state index contributed by atoms with van der Waals surface area (Å²) in [5, 5.41) is 2.86. The number of para-hydroxylation sites is 2. The van der Waals surface area contributed by atoms with Gasteiger partial charge >= 0.3 is 5.76 Å². The van der Waals surface area contributed by atoms with Crippen molar-refractivity contribution >= 4 is 22.7 Å². The summed E-state index contributed by atoms with van der Waals surface area (Å²) in [7, 11) is 0. The fourth-order valence-corrected chi connectivity index (χ4v) is 2.71. The Morgan fingerprint density at radius 2 is 1.88 bits per heavy atom. The highest BCUT2D eigenvalue weighted by atomic mass is 16.4. The van der Waals surface area contributed by atoms with E-state index in [-0.39, 0.29) is 18.9 Å². The van der Waals surface area contributed by atoms with Gasteiger partial charge in [-0.1, -0.05) is 37.6 Å². The molecule has 5 heteroatoms. The van der Waals surface area contributed by atoms with E-state index in [9.17, 15) is 9.59 Å². The highest BCUT2D eigenvalue weighted by molar-refractivity contribution is 5.90. The summed E-state index contributed by atoms with van der Waals surface area (Å²) in [5.41, 5.74) is 3.27. The average molecular weight is 324 g/mol. The molecule has 1 heterocycles. The van der Waals surface area contributed by atoms with Gasteiger partial charge in [0, 0.05) is 18.7 Å². The van der Waals surface area contributed by atoms with Gasteiger partial charge in [0.2, 0.25) is 5.91 Å². The van der Waals surface area contributed by atoms with Gasteiger partial charge in [0.25, 0.3) is 0 Å². The Balaban J connectivity index is 1.62. The third kappa shape index (κ3) is 3.56. The summed E-state index contributed by atoms with van der Waals surface area (Å²) in [5.74, 6) is -0.566. The molecule has 0 atom stereocenters. The lowest BCUT2D eigenvalue weighted by atomic mass is 10.1. The molecule has 0 aliphatic heterocycles. The van der Waals surface area contributed by atoms with E-state index in [4.69, 9.17) is 4.42 Å². The summed E-state index contributed by atoms with van der Waals surface area (Å²) in [6, 6.07) is 15.1. The molecule has 0 bridgehead atoms. The zero-order chi connectivity index (χ0) is 16.9. The van der Waals surface area contributed by atoms with Gasteiger partial charge < -0.3 is 9.73 Å². The first-order valence-electron chi connectivity index (χ1n) is 8.14. The van der Waals surface area contributed by atoms with Gasteiger partial charge in [-0.3, -0.25) is 9.36 Å². The Labute approximate surface area is 139 Å². The number of nitrogens with one attached hydrogen (secondary N) is 1. The van der Waals surface area contributed by atoms with Gasteiger partial charge in [-0.05, 0) is 36.2 Å². The number of hydrogen-bond donors (Lipinski definition) is 1. The summed E-state index contributed by atoms with van der Waals surface area (Å²) in [6.45, 7) is 2.42. The SMILES string of the molecule is CCCc1ccc(NC(=O)CCn2c(=O)oc3ccccc32)cc1. The van der Waals surface area contributed by atoms with Crippen molar-refractivity contribution in [2.24, 2.45) is 0 Å². The number of anilines is 1. The number of benzene rings is 2. The molecular weight excluding hydrogens is 304 g/mol. The van der Waals surface area contributed by atoms with E-state index in [1.807, 2.05) is 42.5 Å². The minimum atomic E-state index is -0.437. The highest BCUT2D eigenvalue weighted by Gasteiger charge is 2.10. The number of fused-ring (bicyclic) bond motifs is 1. The van der Waals surface area contributed by atoms with Crippen LogP contribution in [0, 0.1) is 0 Å². The van der Waals surface area contributed by atoms with E-state index in [2.05, 4.69) is 12.2 Å². The number of carbonyl (C=O) groups is 1. The molecule has 0 spiro atoms. The lowest BCUT2D eigenvalue weighted by Crippen LogP contribution is -2.19. The zero-order valence-electron chi connectivity index (χ0n) is 13.6. The highest BCUT2D eigenvalue weighted by Crippen LogP contribution is 2.13. The summed E-state index contributed by atoms with van der Waals surface area (Å²) in [6.07, 6.45) is 2.34. The molecule has 1 N–H and O–H groups in total. The van der Waals surface area contributed by atoms with Crippen LogP contribution < -0.4 is 11.1 Å². The average Bonchev–Trinajstić information content (AvgIpc) is 2.90. The lowest BCUT2D eigenvalue weighted by molar-refractivity contribution is -0.116. The minimum absolute atomic E-state index is 0.129. The number of carbonyl (C=O) groups excluding carboxylic acids is 1. The summed E-state index contributed by atoms with van der Waals surface area (Å²) in [4.78, 5) is 24.0. The molecule has 0 radical (unpaired) electrons. The van der Waals surface area contributed by atoms with Crippen LogP contribution in [-0.2, 0) is 17.8 Å². The van der Waals surface area contributed by atoms with Gasteiger partial charge in [0.1, 0.15) is 0 Å². The van der Waals surface area contributed by atoms with E-state index in [0.717, 1.165) is 18.5 Å². The predicted octanol–water partition coefficient (Wildman–Crippen LogP) is 3.58. The minimum Gasteiger partial charge on any atom is -0.408 e. The van der Waals surface area contributed by atoms with Gasteiger partial charge in [0.15, 0.2) is 5.58 Å². The van der Waals surface area contributed by atoms with Crippen molar-refractivity contribution in [1.29, 1.82) is 0 Å². The normalized spacial score (nSPS) is 10.9. The number of hydrogen-bond acceptors (Lipinski definition) is 3. The van der Waals surface area contributed by atoms with Crippen molar-refractivity contribution in [3.05, 3.63) is 64.6 Å². The van der Waals surface area contributed by atoms with Gasteiger partial charge in [0.05, 0.1) is 5.52 Å². The standard InChI is InChI=1S/C19H20N2O3/c1-2-5-14-8-10-15(11-9-14)20-18(22)12-13-21-16-6-3-4-7-17(16)24-19(21)23/h3-4,6-11H,2,5,12-13H2,1H3,(H,20,22). The molecular formula is C19H20N2O3. The molecule has 124 valence electrons. The smallest absolute Gasteiger partial charge is 0.408 e. The molecule has 0 aliphatic carbocycles. The van der Waals surface area contributed by atoms with Crippen molar-refractivity contribution in [1.82, 2.24) is 4.57 Å². The maximum absolute atomic E-state index is 12.1. The molecule has 0 aliphatic rings. The Morgan fingerprint density at radius 3 is 2.62 bits per heavy atom. The van der Waals surface area contributed by atoms with Crippen LogP contribution in [0.1, 0.15) is 25.3 Å². The molecule has 0 saturated heterocycles. The second-order valence-electron chi connectivity index (χ2n) is 5.73. The molecule has 3 rings (SSSR count). The number of aromatic nitrogens is 1. The molecule has 24 heavy (non-hydrogen) atoms. The largest absolute Gasteiger partial charge is 0.419 e. The predicted molar refractivity (Wildman–Crippen MR) is 94.2 cm³/mol. The summed E-state index contributed by atoms with van der Waals surface area (Å²) < 4.78 is 6.65. The quantitative estimate of drug-likeness (QED) is 0.754. The fraction of sp³-hybridized carbons (Fsp3) is 0.263. The fourth-order valence-electron chi connectivity index (χ4n) is 2.71. The van der Waals surface area contributed by atoms with Crippen LogP contribution in [0.15, 0.2) is 57.7 Å². The van der Waals surface area contributed by atoms with Crippen LogP contribution in [-0.4, -0.2) is 10.5 Å². The maximum atomic E-state index is 12.1. The molecule has 2 aromatic carbocycles. The third-order valence-corrected chi connectivity index (χ3v) is 3.91. The van der Waals surface area contributed by atoms with Crippen molar-refractivity contribution in [2.45, 2.75) is 32.7 Å².